The second-order valence-corrected chi connectivity index (χ2v) is 8.93. The number of aryl methyl sites for hydroxylation is 2. The Labute approximate surface area is 172 Å². The molecule has 4 rings (SSSR count). The molecule has 28 heavy (non-hydrogen) atoms. The molecule has 5 nitrogen and oxygen atoms in total. The fourth-order valence-corrected chi connectivity index (χ4v) is 5.74. The van der Waals surface area contributed by atoms with Gasteiger partial charge < -0.3 is 5.32 Å². The number of amides is 1. The van der Waals surface area contributed by atoms with E-state index in [9.17, 15) is 9.59 Å². The number of nitrogens with zero attached hydrogens (tertiary/aromatic N) is 2. The number of thioether (sulfide) groups is 1. The van der Waals surface area contributed by atoms with Gasteiger partial charge in [-0.3, -0.25) is 14.2 Å². The lowest BCUT2D eigenvalue weighted by Crippen LogP contribution is -2.27. The van der Waals surface area contributed by atoms with Gasteiger partial charge in [0.05, 0.1) is 17.7 Å². The number of hydrogen-bond donors (Lipinski definition) is 1. The van der Waals surface area contributed by atoms with Gasteiger partial charge in [0.15, 0.2) is 5.16 Å². The molecule has 0 aliphatic heterocycles. The average molecular weight is 414 g/mol. The molecular weight excluding hydrogens is 390 g/mol. The van der Waals surface area contributed by atoms with Crippen LogP contribution in [0.15, 0.2) is 40.3 Å². The highest BCUT2D eigenvalue weighted by Crippen LogP contribution is 2.34. The fourth-order valence-electron chi connectivity index (χ4n) is 3.61. The minimum atomic E-state index is -0.0430. The Bertz CT molecular complexity index is 1060. The fraction of sp³-hybridized carbons (Fsp3) is 0.381. The van der Waals surface area contributed by atoms with Gasteiger partial charge in [-0.05, 0) is 43.7 Å². The highest BCUT2D eigenvalue weighted by atomic mass is 32.2. The van der Waals surface area contributed by atoms with Gasteiger partial charge in [-0.2, -0.15) is 0 Å². The monoisotopic (exact) mass is 413 g/mol. The van der Waals surface area contributed by atoms with Crippen molar-refractivity contribution in [2.75, 3.05) is 12.3 Å². The lowest BCUT2D eigenvalue weighted by Gasteiger charge is -2.13. The summed E-state index contributed by atoms with van der Waals surface area (Å²) in [7, 11) is 0. The van der Waals surface area contributed by atoms with Crippen LogP contribution in [-0.4, -0.2) is 27.8 Å². The summed E-state index contributed by atoms with van der Waals surface area (Å²) in [4.78, 5) is 32.4. The van der Waals surface area contributed by atoms with Crippen molar-refractivity contribution < 1.29 is 4.79 Å². The highest BCUT2D eigenvalue weighted by molar-refractivity contribution is 7.99. The van der Waals surface area contributed by atoms with E-state index in [1.807, 2.05) is 37.3 Å². The summed E-state index contributed by atoms with van der Waals surface area (Å²) in [6, 6.07) is 9.93. The number of benzene rings is 1. The van der Waals surface area contributed by atoms with E-state index in [1.54, 1.807) is 15.9 Å². The molecule has 1 amide bonds. The number of rotatable bonds is 6. The van der Waals surface area contributed by atoms with Crippen LogP contribution in [0.5, 0.6) is 0 Å². The number of carbonyl (C=O) groups is 1. The second-order valence-electron chi connectivity index (χ2n) is 6.90. The van der Waals surface area contributed by atoms with Gasteiger partial charge >= 0.3 is 0 Å². The van der Waals surface area contributed by atoms with E-state index >= 15 is 0 Å². The van der Waals surface area contributed by atoms with E-state index in [0.29, 0.717) is 18.2 Å². The summed E-state index contributed by atoms with van der Waals surface area (Å²) in [5.74, 6) is 0.213. The first-order chi connectivity index (χ1) is 13.7. The smallest absolute Gasteiger partial charge is 0.263 e. The van der Waals surface area contributed by atoms with Crippen LogP contribution in [0.3, 0.4) is 0 Å². The quantitative estimate of drug-likeness (QED) is 0.495. The molecule has 0 bridgehead atoms. The minimum Gasteiger partial charge on any atom is -0.356 e. The first-order valence-corrected chi connectivity index (χ1v) is 11.5. The van der Waals surface area contributed by atoms with E-state index in [4.69, 9.17) is 4.98 Å². The number of nitrogens with one attached hydrogen (secondary N) is 1. The maximum absolute atomic E-state index is 13.5. The lowest BCUT2D eigenvalue weighted by molar-refractivity contribution is -0.118. The predicted octanol–water partition coefficient (Wildman–Crippen LogP) is 3.61. The number of thiophene rings is 1. The standard InChI is InChI=1S/C21H23N3O2S2/c1-2-22-17(25)13-27-21-23-19-18(15-10-6-7-11-16(15)28-19)20(26)24(21)12-14-8-4-3-5-9-14/h3-5,8-9H,2,6-7,10-13H2,1H3,(H,22,25). The zero-order valence-electron chi connectivity index (χ0n) is 15.9. The van der Waals surface area contributed by atoms with Crippen molar-refractivity contribution in [2.24, 2.45) is 0 Å². The maximum Gasteiger partial charge on any atom is 0.263 e. The second kappa shape index (κ2) is 8.49. The van der Waals surface area contributed by atoms with Crippen LogP contribution in [-0.2, 0) is 24.2 Å². The van der Waals surface area contributed by atoms with Crippen LogP contribution in [0.4, 0.5) is 0 Å². The molecule has 0 atom stereocenters. The number of carbonyl (C=O) groups excluding carboxylic acids is 1. The maximum atomic E-state index is 13.5. The molecule has 146 valence electrons. The van der Waals surface area contributed by atoms with E-state index in [1.165, 1.54) is 28.6 Å². The topological polar surface area (TPSA) is 64.0 Å². The Balaban J connectivity index is 1.79. The van der Waals surface area contributed by atoms with Gasteiger partial charge in [0.25, 0.3) is 5.56 Å². The van der Waals surface area contributed by atoms with Crippen LogP contribution in [0.25, 0.3) is 10.2 Å². The molecule has 1 aliphatic rings. The number of hydrogen-bond acceptors (Lipinski definition) is 5. The molecule has 1 aromatic carbocycles. The minimum absolute atomic E-state index is 0.0200. The largest absolute Gasteiger partial charge is 0.356 e. The number of fused-ring (bicyclic) bond motifs is 3. The molecule has 0 saturated carbocycles. The summed E-state index contributed by atoms with van der Waals surface area (Å²) in [6.45, 7) is 2.96. The molecule has 0 spiro atoms. The third-order valence-corrected chi connectivity index (χ3v) is 7.09. The predicted molar refractivity (Wildman–Crippen MR) is 115 cm³/mol. The Morgan fingerprint density at radius 2 is 2.04 bits per heavy atom. The van der Waals surface area contributed by atoms with Crippen molar-refractivity contribution in [3.05, 3.63) is 56.7 Å². The molecule has 2 aromatic heterocycles. The highest BCUT2D eigenvalue weighted by Gasteiger charge is 2.22. The SMILES string of the molecule is CCNC(=O)CSc1nc2sc3c(c2c(=O)n1Cc1ccccc1)CCCC3. The molecule has 7 heteroatoms. The van der Waals surface area contributed by atoms with Crippen LogP contribution in [0.1, 0.15) is 35.8 Å². The summed E-state index contributed by atoms with van der Waals surface area (Å²) >= 11 is 2.99. The average Bonchev–Trinajstić information content (AvgIpc) is 3.08. The summed E-state index contributed by atoms with van der Waals surface area (Å²) in [5.41, 5.74) is 2.27. The Morgan fingerprint density at radius 1 is 1.25 bits per heavy atom. The van der Waals surface area contributed by atoms with Gasteiger partial charge in [0.1, 0.15) is 4.83 Å². The van der Waals surface area contributed by atoms with Crippen molar-refractivity contribution in [1.29, 1.82) is 0 Å². The van der Waals surface area contributed by atoms with Gasteiger partial charge in [-0.1, -0.05) is 42.1 Å². The first-order valence-electron chi connectivity index (χ1n) is 9.66. The molecule has 2 heterocycles. The van der Waals surface area contributed by atoms with Crippen molar-refractivity contribution in [3.8, 4) is 0 Å². The van der Waals surface area contributed by atoms with Crippen LogP contribution in [0, 0.1) is 0 Å². The Hall–Kier alpha value is -2.12. The lowest BCUT2D eigenvalue weighted by atomic mass is 9.97. The molecule has 0 radical (unpaired) electrons. The first kappa shape index (κ1) is 19.2. The molecular formula is C21H23N3O2S2. The Morgan fingerprint density at radius 3 is 2.82 bits per heavy atom. The molecule has 0 saturated heterocycles. The third kappa shape index (κ3) is 3.86. The van der Waals surface area contributed by atoms with Crippen LogP contribution >= 0.6 is 23.1 Å². The van der Waals surface area contributed by atoms with Crippen LogP contribution in [0.2, 0.25) is 0 Å². The van der Waals surface area contributed by atoms with Crippen molar-refractivity contribution in [1.82, 2.24) is 14.9 Å². The van der Waals surface area contributed by atoms with E-state index < -0.39 is 0 Å². The van der Waals surface area contributed by atoms with E-state index in [-0.39, 0.29) is 17.2 Å². The molecule has 1 N–H and O–H groups in total. The van der Waals surface area contributed by atoms with Gasteiger partial charge in [0.2, 0.25) is 5.91 Å². The molecule has 3 aromatic rings. The van der Waals surface area contributed by atoms with Crippen molar-refractivity contribution in [3.63, 3.8) is 0 Å². The van der Waals surface area contributed by atoms with Crippen LogP contribution < -0.4 is 10.9 Å². The summed E-state index contributed by atoms with van der Waals surface area (Å²) < 4.78 is 1.74. The van der Waals surface area contributed by atoms with Gasteiger partial charge in [0, 0.05) is 11.4 Å². The van der Waals surface area contributed by atoms with E-state index in [0.717, 1.165) is 35.0 Å². The van der Waals surface area contributed by atoms with Gasteiger partial charge in [-0.15, -0.1) is 11.3 Å². The number of aromatic nitrogens is 2. The zero-order chi connectivity index (χ0) is 19.5. The summed E-state index contributed by atoms with van der Waals surface area (Å²) in [6.07, 6.45) is 4.31. The summed E-state index contributed by atoms with van der Waals surface area (Å²) in [5, 5.41) is 4.21. The zero-order valence-corrected chi connectivity index (χ0v) is 17.5. The van der Waals surface area contributed by atoms with Gasteiger partial charge in [-0.25, -0.2) is 4.98 Å². The van der Waals surface area contributed by atoms with Crippen molar-refractivity contribution in [2.45, 2.75) is 44.3 Å². The van der Waals surface area contributed by atoms with E-state index in [2.05, 4.69) is 5.32 Å². The molecule has 0 fully saturated rings. The Kier molecular flexibility index (Phi) is 5.82. The normalized spacial score (nSPS) is 13.5. The van der Waals surface area contributed by atoms with Crippen molar-refractivity contribution >= 4 is 39.2 Å². The molecule has 0 unspecified atom stereocenters. The third-order valence-electron chi connectivity index (χ3n) is 4.93. The molecule has 1 aliphatic carbocycles.